The van der Waals surface area contributed by atoms with Crippen LogP contribution in [-0.4, -0.2) is 90.1 Å². The van der Waals surface area contributed by atoms with Crippen LogP contribution < -0.4 is 0 Å². The van der Waals surface area contributed by atoms with E-state index in [1.165, 1.54) is 49.9 Å². The van der Waals surface area contributed by atoms with Crippen molar-refractivity contribution < 1.29 is 4.12 Å². The molecule has 0 aromatic carbocycles. The number of hydrogen-bond donors (Lipinski definition) is 0. The van der Waals surface area contributed by atoms with Crippen molar-refractivity contribution in [2.24, 2.45) is 0 Å². The maximum atomic E-state index is 7.76. The van der Waals surface area contributed by atoms with Crippen LogP contribution in [0.15, 0.2) is 0 Å². The third-order valence-corrected chi connectivity index (χ3v) is 58.7. The zero-order valence-electron chi connectivity index (χ0n) is 26.1. The first-order valence-corrected chi connectivity index (χ1v) is 60.3. The van der Waals surface area contributed by atoms with Crippen molar-refractivity contribution in [1.82, 2.24) is 0 Å². The summed E-state index contributed by atoms with van der Waals surface area (Å²) in [4.78, 5) is 22.2. The van der Waals surface area contributed by atoms with E-state index >= 15 is 0 Å². The van der Waals surface area contributed by atoms with Crippen LogP contribution >= 0.6 is 0 Å². The van der Waals surface area contributed by atoms with Crippen LogP contribution in [0.3, 0.4) is 0 Å². The SMILES string of the molecule is C[Si]1(O[Si]2(C)CC[CH2][Sn]([CH3])([CH3])[CH2]C[CH2][Sn]([CH3])([CH3])[CH2]CC2)CC[CH2][Sn]([CH3])([CH3])[CH2]C[CH2][Sn]([CH3])([CH3])[CH2]CC1. The monoisotopic (exact) mass is 954 g/mol. The minimum atomic E-state index is -1.80. The summed E-state index contributed by atoms with van der Waals surface area (Å²) in [6, 6.07) is 6.01. The Morgan fingerprint density at radius 3 is 0.800 bits per heavy atom. The maximum absolute atomic E-state index is 7.76. The van der Waals surface area contributed by atoms with E-state index in [1.807, 2.05) is 0 Å². The third kappa shape index (κ3) is 14.4. The summed E-state index contributed by atoms with van der Waals surface area (Å²) in [5.41, 5.74) is 0. The van der Waals surface area contributed by atoms with Crippen molar-refractivity contribution in [2.75, 3.05) is 0 Å². The number of rotatable bonds is 2. The molecule has 2 fully saturated rings. The first kappa shape index (κ1) is 34.8. The first-order chi connectivity index (χ1) is 15.9. The zero-order valence-corrected chi connectivity index (χ0v) is 39.6. The van der Waals surface area contributed by atoms with Crippen molar-refractivity contribution in [3.63, 3.8) is 0 Å². The Labute approximate surface area is 241 Å². The molecular weight excluding hydrogens is 883 g/mol. The molecule has 0 radical (unpaired) electrons. The van der Waals surface area contributed by atoms with Crippen LogP contribution in [0.1, 0.15) is 38.5 Å². The van der Waals surface area contributed by atoms with E-state index in [0.717, 1.165) is 0 Å². The molecule has 35 heavy (non-hydrogen) atoms. The van der Waals surface area contributed by atoms with E-state index in [1.54, 1.807) is 48.3 Å². The van der Waals surface area contributed by atoms with Gasteiger partial charge >= 0.3 is 245 Å². The minimum absolute atomic E-state index is 1.50. The summed E-state index contributed by atoms with van der Waals surface area (Å²) in [6.07, 6.45) is 9.30. The Bertz CT molecular complexity index is 553. The molecule has 0 aliphatic carbocycles. The van der Waals surface area contributed by atoms with Gasteiger partial charge in [-0.3, -0.25) is 0 Å². The standard InChI is InChI=1S/C14H30OSi2.2C3H6.8CH3.4Sn/c1-7-11-16(5,12-8-2)15-17(6,13-9-3)14-10-4;2*1-3-2;;;;;;;;;;;;/h1-4,7-14H2,5-6H3;2*1-3H2;8*1H3;;;;. The van der Waals surface area contributed by atoms with Crippen LogP contribution in [0.2, 0.25) is 112 Å². The second-order valence-electron chi connectivity index (χ2n) is 16.8. The van der Waals surface area contributed by atoms with Gasteiger partial charge in [-0.1, -0.05) is 0 Å². The van der Waals surface area contributed by atoms with Gasteiger partial charge in [-0.25, -0.2) is 0 Å². The van der Waals surface area contributed by atoms with Gasteiger partial charge in [0.25, 0.3) is 0 Å². The molecule has 0 amide bonds. The summed E-state index contributed by atoms with van der Waals surface area (Å²) in [5, 5.41) is 0. The fourth-order valence-electron chi connectivity index (χ4n) is 7.40. The first-order valence-electron chi connectivity index (χ1n) is 15.7. The van der Waals surface area contributed by atoms with Gasteiger partial charge in [0.2, 0.25) is 0 Å². The average Bonchev–Trinajstić information content (AvgIpc) is 2.64. The van der Waals surface area contributed by atoms with Gasteiger partial charge in [0, 0.05) is 0 Å². The molecule has 2 saturated heterocycles. The predicted molar refractivity (Wildman–Crippen MR) is 180 cm³/mol. The van der Waals surface area contributed by atoms with E-state index in [0.29, 0.717) is 0 Å². The Hall–Kier alpha value is 3.59. The molecule has 2 aliphatic heterocycles. The molecule has 0 aromatic rings. The van der Waals surface area contributed by atoms with Gasteiger partial charge in [0.1, 0.15) is 0 Å². The molecule has 0 bridgehead atoms. The van der Waals surface area contributed by atoms with Gasteiger partial charge < -0.3 is 0 Å². The van der Waals surface area contributed by atoms with Crippen LogP contribution in [0.4, 0.5) is 0 Å². The Balaban J connectivity index is 2.18. The van der Waals surface area contributed by atoms with Crippen LogP contribution in [-0.2, 0) is 4.12 Å². The zero-order chi connectivity index (χ0) is 26.4. The molecule has 2 heterocycles. The molecule has 0 spiro atoms. The van der Waals surface area contributed by atoms with Crippen molar-refractivity contribution in [3.8, 4) is 0 Å². The van der Waals surface area contributed by atoms with E-state index in [-0.39, 0.29) is 0 Å². The summed E-state index contributed by atoms with van der Waals surface area (Å²) in [7, 11) is -3.19. The third-order valence-electron chi connectivity index (χ3n) is 10.1. The summed E-state index contributed by atoms with van der Waals surface area (Å²) < 4.78 is 21.0. The molecule has 7 heteroatoms. The topological polar surface area (TPSA) is 9.23 Å². The Morgan fingerprint density at radius 1 is 0.371 bits per heavy atom. The fraction of sp³-hybridized carbons (Fsp3) is 1.00. The molecular formula is C28H66OSi2Sn4. The van der Waals surface area contributed by atoms with Crippen LogP contribution in [0, 0.1) is 0 Å². The summed E-state index contributed by atoms with van der Waals surface area (Å²) in [6.45, 7) is 5.45. The Morgan fingerprint density at radius 2 is 0.571 bits per heavy atom. The van der Waals surface area contributed by atoms with Gasteiger partial charge in [-0.15, -0.1) is 0 Å². The van der Waals surface area contributed by atoms with Crippen LogP contribution in [0.5, 0.6) is 0 Å². The second-order valence-corrected chi connectivity index (χ2v) is 86.2. The van der Waals surface area contributed by atoms with Crippen molar-refractivity contribution in [1.29, 1.82) is 0 Å². The van der Waals surface area contributed by atoms with Gasteiger partial charge in [0.15, 0.2) is 0 Å². The normalized spacial score (nSPS) is 30.0. The molecule has 208 valence electrons. The second kappa shape index (κ2) is 14.7. The van der Waals surface area contributed by atoms with Gasteiger partial charge in [0.05, 0.1) is 0 Å². The van der Waals surface area contributed by atoms with Gasteiger partial charge in [-0.2, -0.15) is 0 Å². The molecule has 1 nitrogen and oxygen atoms in total. The van der Waals surface area contributed by atoms with E-state index in [2.05, 4.69) is 52.6 Å². The molecule has 0 saturated carbocycles. The van der Waals surface area contributed by atoms with E-state index < -0.39 is 90.1 Å². The van der Waals surface area contributed by atoms with Crippen molar-refractivity contribution >= 4 is 90.1 Å². The predicted octanol–water partition coefficient (Wildman–Crippen LogP) is 11.4. The molecule has 2 aliphatic rings. The number of hydrogen-bond acceptors (Lipinski definition) is 1. The van der Waals surface area contributed by atoms with E-state index in [9.17, 15) is 0 Å². The molecule has 0 aromatic heterocycles. The fourth-order valence-corrected chi connectivity index (χ4v) is 56.5. The molecule has 0 N–H and O–H groups in total. The van der Waals surface area contributed by atoms with Crippen molar-refractivity contribution in [3.05, 3.63) is 0 Å². The van der Waals surface area contributed by atoms with E-state index in [4.69, 9.17) is 4.12 Å². The Kier molecular flexibility index (Phi) is 14.6. The molecule has 0 atom stereocenters. The molecule has 2 rings (SSSR count). The van der Waals surface area contributed by atoms with Gasteiger partial charge in [-0.05, 0) is 0 Å². The summed E-state index contributed by atoms with van der Waals surface area (Å²) >= 11 is -7.20. The molecule has 0 unspecified atom stereocenters. The van der Waals surface area contributed by atoms with Crippen LogP contribution in [0.25, 0.3) is 0 Å². The summed E-state index contributed by atoms with van der Waals surface area (Å²) in [5.74, 6) is 0. The van der Waals surface area contributed by atoms with Crippen molar-refractivity contribution in [2.45, 2.75) is 151 Å². The average molecular weight is 950 g/mol. The quantitative estimate of drug-likeness (QED) is 0.251.